The Morgan fingerprint density at radius 1 is 1.25 bits per heavy atom. The van der Waals surface area contributed by atoms with Crippen LogP contribution in [0.5, 0.6) is 0 Å². The number of hydrogen-bond donors (Lipinski definition) is 1. The number of piperidine rings is 1. The van der Waals surface area contributed by atoms with Gasteiger partial charge in [0.05, 0.1) is 5.56 Å². The largest absolute Gasteiger partial charge is 0.478 e. The Morgan fingerprint density at radius 2 is 1.90 bits per heavy atom. The number of carboxylic acid groups (broad SMARTS) is 1. The van der Waals surface area contributed by atoms with Gasteiger partial charge in [0.1, 0.15) is 0 Å². The number of benzene rings is 1. The lowest BCUT2D eigenvalue weighted by molar-refractivity contribution is -0.132. The number of carboxylic acids is 1. The van der Waals surface area contributed by atoms with Crippen LogP contribution in [0.15, 0.2) is 24.3 Å². The van der Waals surface area contributed by atoms with Gasteiger partial charge in [-0.25, -0.2) is 4.79 Å². The third-order valence-corrected chi connectivity index (χ3v) is 3.99. The van der Waals surface area contributed by atoms with Gasteiger partial charge < -0.3 is 10.0 Å². The molecule has 0 radical (unpaired) electrons. The molecule has 2 rings (SSSR count). The van der Waals surface area contributed by atoms with Gasteiger partial charge in [-0.1, -0.05) is 25.1 Å². The molecule has 1 fully saturated rings. The maximum atomic E-state index is 12.1. The average molecular weight is 275 g/mol. The predicted octanol–water partition coefficient (Wildman–Crippen LogP) is 2.58. The molecule has 0 spiro atoms. The summed E-state index contributed by atoms with van der Waals surface area (Å²) in [5.41, 5.74) is 1.03. The van der Waals surface area contributed by atoms with Crippen LogP contribution >= 0.6 is 0 Å². The van der Waals surface area contributed by atoms with E-state index in [1.807, 2.05) is 11.0 Å². The Morgan fingerprint density at radius 3 is 2.55 bits per heavy atom. The molecule has 1 aromatic rings. The van der Waals surface area contributed by atoms with Gasteiger partial charge in [0.25, 0.3) is 0 Å². The van der Waals surface area contributed by atoms with Gasteiger partial charge in [0.2, 0.25) is 5.91 Å². The van der Waals surface area contributed by atoms with Crippen LogP contribution in [0.3, 0.4) is 0 Å². The molecule has 1 saturated heterocycles. The first-order chi connectivity index (χ1) is 9.58. The molecule has 0 atom stereocenters. The highest BCUT2D eigenvalue weighted by molar-refractivity contribution is 5.89. The minimum absolute atomic E-state index is 0.136. The van der Waals surface area contributed by atoms with Crippen LogP contribution in [0.4, 0.5) is 0 Å². The molecule has 1 aliphatic rings. The molecule has 20 heavy (non-hydrogen) atoms. The summed E-state index contributed by atoms with van der Waals surface area (Å²) in [6, 6.07) is 6.90. The van der Waals surface area contributed by atoms with E-state index < -0.39 is 5.97 Å². The first-order valence-corrected chi connectivity index (χ1v) is 7.17. The number of hydrogen-bond acceptors (Lipinski definition) is 2. The van der Waals surface area contributed by atoms with E-state index in [1.54, 1.807) is 18.2 Å². The van der Waals surface area contributed by atoms with Crippen LogP contribution in [0, 0.1) is 5.92 Å². The van der Waals surface area contributed by atoms with Crippen LogP contribution in [-0.4, -0.2) is 35.0 Å². The fraction of sp³-hybridized carbons (Fsp3) is 0.500. The van der Waals surface area contributed by atoms with E-state index in [4.69, 9.17) is 5.11 Å². The van der Waals surface area contributed by atoms with Gasteiger partial charge in [-0.2, -0.15) is 0 Å². The maximum absolute atomic E-state index is 12.1. The number of aromatic carboxylic acids is 1. The van der Waals surface area contributed by atoms with Crippen molar-refractivity contribution in [1.29, 1.82) is 0 Å². The Hall–Kier alpha value is -1.84. The van der Waals surface area contributed by atoms with Crippen molar-refractivity contribution >= 4 is 11.9 Å². The molecule has 0 aliphatic carbocycles. The second-order valence-corrected chi connectivity index (χ2v) is 5.53. The summed E-state index contributed by atoms with van der Waals surface area (Å²) in [5, 5.41) is 9.11. The maximum Gasteiger partial charge on any atom is 0.335 e. The van der Waals surface area contributed by atoms with Gasteiger partial charge >= 0.3 is 5.97 Å². The fourth-order valence-corrected chi connectivity index (χ4v) is 2.60. The molecule has 0 saturated carbocycles. The highest BCUT2D eigenvalue weighted by Gasteiger charge is 2.20. The van der Waals surface area contributed by atoms with E-state index in [9.17, 15) is 9.59 Å². The van der Waals surface area contributed by atoms with Crippen molar-refractivity contribution in [2.24, 2.45) is 5.92 Å². The predicted molar refractivity (Wildman–Crippen MR) is 76.7 cm³/mol. The van der Waals surface area contributed by atoms with Crippen LogP contribution < -0.4 is 0 Å². The van der Waals surface area contributed by atoms with Crippen molar-refractivity contribution in [2.45, 2.75) is 32.6 Å². The number of likely N-dealkylation sites (tertiary alicyclic amines) is 1. The summed E-state index contributed by atoms with van der Waals surface area (Å²) in [6.07, 6.45) is 3.01. The molecule has 1 amide bonds. The van der Waals surface area contributed by atoms with Crippen LogP contribution in [-0.2, 0) is 11.2 Å². The molecular formula is C16H21NO3. The van der Waals surface area contributed by atoms with Gasteiger partial charge in [0.15, 0.2) is 0 Å². The highest BCUT2D eigenvalue weighted by Crippen LogP contribution is 2.18. The summed E-state index contributed by atoms with van der Waals surface area (Å²) < 4.78 is 0. The van der Waals surface area contributed by atoms with E-state index >= 15 is 0 Å². The van der Waals surface area contributed by atoms with Crippen LogP contribution in [0.25, 0.3) is 0 Å². The van der Waals surface area contributed by atoms with Crippen molar-refractivity contribution < 1.29 is 14.7 Å². The zero-order chi connectivity index (χ0) is 14.5. The van der Waals surface area contributed by atoms with E-state index in [0.29, 0.717) is 24.3 Å². The van der Waals surface area contributed by atoms with Gasteiger partial charge in [-0.15, -0.1) is 0 Å². The number of nitrogens with zero attached hydrogens (tertiary/aromatic N) is 1. The lowest BCUT2D eigenvalue weighted by Crippen LogP contribution is -2.38. The van der Waals surface area contributed by atoms with Gasteiger partial charge in [-0.05, 0) is 36.8 Å². The Balaban J connectivity index is 1.92. The molecule has 1 aromatic carbocycles. The van der Waals surface area contributed by atoms with Crippen molar-refractivity contribution in [3.05, 3.63) is 35.4 Å². The topological polar surface area (TPSA) is 57.6 Å². The molecular weight excluding hydrogens is 254 g/mol. The summed E-state index contributed by atoms with van der Waals surface area (Å²) in [5.74, 6) is -0.0938. The minimum atomic E-state index is -0.931. The van der Waals surface area contributed by atoms with Crippen LogP contribution in [0.2, 0.25) is 0 Å². The molecule has 0 bridgehead atoms. The van der Waals surface area contributed by atoms with Crippen molar-refractivity contribution in [2.75, 3.05) is 13.1 Å². The highest BCUT2D eigenvalue weighted by atomic mass is 16.4. The molecule has 1 N–H and O–H groups in total. The number of aryl methyl sites for hydroxylation is 1. The summed E-state index contributed by atoms with van der Waals surface area (Å²) >= 11 is 0. The first-order valence-electron chi connectivity index (χ1n) is 7.17. The smallest absolute Gasteiger partial charge is 0.335 e. The molecule has 0 unspecified atom stereocenters. The summed E-state index contributed by atoms with van der Waals surface area (Å²) in [4.78, 5) is 25.2. The summed E-state index contributed by atoms with van der Waals surface area (Å²) in [7, 11) is 0. The zero-order valence-electron chi connectivity index (χ0n) is 11.8. The third-order valence-electron chi connectivity index (χ3n) is 3.99. The quantitative estimate of drug-likeness (QED) is 0.918. The minimum Gasteiger partial charge on any atom is -0.478 e. The Labute approximate surface area is 119 Å². The van der Waals surface area contributed by atoms with E-state index in [0.717, 1.165) is 31.5 Å². The SMILES string of the molecule is CC1CCN(C(=O)CCc2ccccc2C(=O)O)CC1. The van der Waals surface area contributed by atoms with E-state index in [-0.39, 0.29) is 5.91 Å². The zero-order valence-corrected chi connectivity index (χ0v) is 11.8. The first kappa shape index (κ1) is 14.6. The third kappa shape index (κ3) is 3.59. The molecule has 108 valence electrons. The number of carbonyl (C=O) groups is 2. The van der Waals surface area contributed by atoms with Crippen molar-refractivity contribution in [3.63, 3.8) is 0 Å². The monoisotopic (exact) mass is 275 g/mol. The van der Waals surface area contributed by atoms with E-state index in [1.165, 1.54) is 0 Å². The number of rotatable bonds is 4. The summed E-state index contributed by atoms with van der Waals surface area (Å²) in [6.45, 7) is 3.88. The van der Waals surface area contributed by atoms with E-state index in [2.05, 4.69) is 6.92 Å². The average Bonchev–Trinajstić information content (AvgIpc) is 2.45. The molecule has 0 aromatic heterocycles. The van der Waals surface area contributed by atoms with Crippen molar-refractivity contribution in [3.8, 4) is 0 Å². The van der Waals surface area contributed by atoms with Gasteiger partial charge in [-0.3, -0.25) is 4.79 Å². The number of carbonyl (C=O) groups excluding carboxylic acids is 1. The molecule has 1 aliphatic heterocycles. The fourth-order valence-electron chi connectivity index (χ4n) is 2.60. The molecule has 4 heteroatoms. The lowest BCUT2D eigenvalue weighted by atomic mass is 9.98. The second-order valence-electron chi connectivity index (χ2n) is 5.53. The normalized spacial score (nSPS) is 16.1. The standard InChI is InChI=1S/C16H21NO3/c1-12-8-10-17(11-9-12)15(18)7-6-13-4-2-3-5-14(13)16(19)20/h2-5,12H,6-11H2,1H3,(H,19,20). The van der Waals surface area contributed by atoms with Gasteiger partial charge in [0, 0.05) is 19.5 Å². The second kappa shape index (κ2) is 6.55. The lowest BCUT2D eigenvalue weighted by Gasteiger charge is -2.30. The molecule has 1 heterocycles. The van der Waals surface area contributed by atoms with Crippen molar-refractivity contribution in [1.82, 2.24) is 4.90 Å². The van der Waals surface area contributed by atoms with Crippen LogP contribution in [0.1, 0.15) is 42.1 Å². The number of amides is 1. The molecule has 4 nitrogen and oxygen atoms in total. The Bertz CT molecular complexity index is 490. The Kier molecular flexibility index (Phi) is 4.77.